The topological polar surface area (TPSA) is 104 Å². The summed E-state index contributed by atoms with van der Waals surface area (Å²) in [7, 11) is -4.53. The molecular formula is C10H16N2O5S2. The van der Waals surface area contributed by atoms with Crippen molar-refractivity contribution in [2.75, 3.05) is 26.4 Å². The lowest BCUT2D eigenvalue weighted by Gasteiger charge is -2.11. The van der Waals surface area contributed by atoms with Crippen LogP contribution in [0.4, 0.5) is 0 Å². The first-order valence-electron chi connectivity index (χ1n) is 5.34. The summed E-state index contributed by atoms with van der Waals surface area (Å²) in [4.78, 5) is -0.116. The van der Waals surface area contributed by atoms with E-state index in [1.807, 2.05) is 0 Å². The third kappa shape index (κ3) is 4.46. The molecule has 0 aliphatic carbocycles. The number of aromatic hydroxyl groups is 1. The van der Waals surface area contributed by atoms with Crippen LogP contribution < -0.4 is 4.72 Å². The highest BCUT2D eigenvalue weighted by molar-refractivity contribution is 7.90. The number of nitrogens with zero attached hydrogens (tertiary/aromatic N) is 1. The smallest absolute Gasteiger partial charge is 0.240 e. The molecule has 0 fully saturated rings. The number of benzene rings is 1. The Bertz CT molecular complexity index is 638. The molecule has 2 N–H and O–H groups in total. The molecule has 0 saturated carbocycles. The average Bonchev–Trinajstić information content (AvgIpc) is 2.28. The molecule has 108 valence electrons. The van der Waals surface area contributed by atoms with Crippen molar-refractivity contribution in [3.05, 3.63) is 24.3 Å². The molecular weight excluding hydrogens is 292 g/mol. The van der Waals surface area contributed by atoms with Gasteiger partial charge in [0.05, 0.1) is 10.6 Å². The van der Waals surface area contributed by atoms with Crippen LogP contribution in [-0.2, 0) is 20.0 Å². The van der Waals surface area contributed by atoms with Crippen LogP contribution in [0.25, 0.3) is 0 Å². The quantitative estimate of drug-likeness (QED) is 0.741. The largest absolute Gasteiger partial charge is 0.508 e. The lowest BCUT2D eigenvalue weighted by atomic mass is 10.3. The Kier molecular flexibility index (Phi) is 4.91. The zero-order valence-corrected chi connectivity index (χ0v) is 12.2. The number of nitrogens with one attached hydrogen (secondary N) is 1. The molecule has 0 unspecified atom stereocenters. The molecule has 0 saturated heterocycles. The van der Waals surface area contributed by atoms with E-state index in [0.717, 1.165) is 10.4 Å². The van der Waals surface area contributed by atoms with Crippen LogP contribution in [0.15, 0.2) is 29.2 Å². The zero-order valence-electron chi connectivity index (χ0n) is 10.6. The standard InChI is InChI=1S/C10H16N2O5S2/c1-12(2)18(14,15)7-6-11-19(16,17)10-5-3-4-9(13)8-10/h3-5,8,11,13H,6-7H2,1-2H3. The number of hydrogen-bond acceptors (Lipinski definition) is 5. The maximum absolute atomic E-state index is 11.8. The molecule has 19 heavy (non-hydrogen) atoms. The Balaban J connectivity index is 2.73. The Labute approximate surface area is 113 Å². The maximum atomic E-state index is 11.8. The van der Waals surface area contributed by atoms with Crippen LogP contribution in [0.1, 0.15) is 0 Å². The van der Waals surface area contributed by atoms with E-state index >= 15 is 0 Å². The number of phenolic OH excluding ortho intramolecular Hbond substituents is 1. The predicted molar refractivity (Wildman–Crippen MR) is 70.8 cm³/mol. The minimum Gasteiger partial charge on any atom is -0.508 e. The fourth-order valence-electron chi connectivity index (χ4n) is 1.22. The van der Waals surface area contributed by atoms with Gasteiger partial charge in [-0.3, -0.25) is 0 Å². The molecule has 0 aliphatic rings. The van der Waals surface area contributed by atoms with Gasteiger partial charge in [-0.25, -0.2) is 25.9 Å². The van der Waals surface area contributed by atoms with Crippen molar-refractivity contribution in [2.24, 2.45) is 0 Å². The molecule has 0 amide bonds. The highest BCUT2D eigenvalue weighted by Crippen LogP contribution is 2.15. The maximum Gasteiger partial charge on any atom is 0.240 e. The average molecular weight is 308 g/mol. The van der Waals surface area contributed by atoms with Gasteiger partial charge in [0.1, 0.15) is 5.75 Å². The number of hydrogen-bond donors (Lipinski definition) is 2. The van der Waals surface area contributed by atoms with E-state index in [2.05, 4.69) is 4.72 Å². The number of sulfonamides is 2. The van der Waals surface area contributed by atoms with Gasteiger partial charge in [-0.05, 0) is 18.2 Å². The molecule has 0 bridgehead atoms. The van der Waals surface area contributed by atoms with Gasteiger partial charge in [-0.15, -0.1) is 0 Å². The van der Waals surface area contributed by atoms with Gasteiger partial charge in [0.2, 0.25) is 20.0 Å². The third-order valence-corrected chi connectivity index (χ3v) is 5.63. The van der Waals surface area contributed by atoms with Crippen molar-refractivity contribution < 1.29 is 21.9 Å². The Morgan fingerprint density at radius 3 is 2.37 bits per heavy atom. The lowest BCUT2D eigenvalue weighted by Crippen LogP contribution is -2.33. The zero-order chi connectivity index (χ0) is 14.7. The van der Waals surface area contributed by atoms with Gasteiger partial charge in [0.25, 0.3) is 0 Å². The van der Waals surface area contributed by atoms with Crippen molar-refractivity contribution in [1.29, 1.82) is 0 Å². The summed E-state index contributed by atoms with van der Waals surface area (Å²) < 4.78 is 49.7. The van der Waals surface area contributed by atoms with Gasteiger partial charge in [0.15, 0.2) is 0 Å². The molecule has 0 aromatic heterocycles. The first-order valence-corrected chi connectivity index (χ1v) is 8.43. The second-order valence-electron chi connectivity index (χ2n) is 3.99. The molecule has 9 heteroatoms. The normalized spacial score (nSPS) is 12.8. The second kappa shape index (κ2) is 5.87. The van der Waals surface area contributed by atoms with Crippen LogP contribution in [-0.4, -0.2) is 52.6 Å². The number of phenols is 1. The summed E-state index contributed by atoms with van der Waals surface area (Å²) in [5.41, 5.74) is 0. The van der Waals surface area contributed by atoms with Gasteiger partial charge in [-0.2, -0.15) is 0 Å². The van der Waals surface area contributed by atoms with Gasteiger partial charge < -0.3 is 5.11 Å². The van der Waals surface area contributed by atoms with E-state index in [0.29, 0.717) is 0 Å². The molecule has 0 heterocycles. The van der Waals surface area contributed by atoms with Crippen molar-refractivity contribution in [1.82, 2.24) is 9.03 Å². The molecule has 0 spiro atoms. The highest BCUT2D eigenvalue weighted by atomic mass is 32.2. The van der Waals surface area contributed by atoms with Crippen LogP contribution in [0.5, 0.6) is 5.75 Å². The summed E-state index contributed by atoms with van der Waals surface area (Å²) in [5.74, 6) is -0.512. The highest BCUT2D eigenvalue weighted by Gasteiger charge is 2.17. The van der Waals surface area contributed by atoms with Crippen molar-refractivity contribution in [3.8, 4) is 5.75 Å². The van der Waals surface area contributed by atoms with Crippen LogP contribution >= 0.6 is 0 Å². The monoisotopic (exact) mass is 308 g/mol. The van der Waals surface area contributed by atoms with E-state index in [9.17, 15) is 21.9 Å². The van der Waals surface area contributed by atoms with Crippen molar-refractivity contribution in [2.45, 2.75) is 4.90 Å². The predicted octanol–water partition coefficient (Wildman–Crippen LogP) is -0.438. The fourth-order valence-corrected chi connectivity index (χ4v) is 3.15. The Hall–Kier alpha value is -1.16. The molecule has 0 radical (unpaired) electrons. The summed E-state index contributed by atoms with van der Waals surface area (Å²) in [5, 5.41) is 9.21. The molecule has 1 aromatic rings. The summed E-state index contributed by atoms with van der Waals surface area (Å²) >= 11 is 0. The lowest BCUT2D eigenvalue weighted by molar-refractivity contribution is 0.473. The number of rotatable bonds is 6. The molecule has 0 atom stereocenters. The Morgan fingerprint density at radius 1 is 1.21 bits per heavy atom. The SMILES string of the molecule is CN(C)S(=O)(=O)CCNS(=O)(=O)c1cccc(O)c1. The third-order valence-electron chi connectivity index (χ3n) is 2.34. The van der Waals surface area contributed by atoms with E-state index in [1.54, 1.807) is 0 Å². The second-order valence-corrected chi connectivity index (χ2v) is 8.06. The van der Waals surface area contributed by atoms with Crippen LogP contribution in [0.3, 0.4) is 0 Å². The molecule has 0 aliphatic heterocycles. The minimum absolute atomic E-state index is 0.116. The van der Waals surface area contributed by atoms with Gasteiger partial charge in [-0.1, -0.05) is 6.07 Å². The molecule has 1 aromatic carbocycles. The summed E-state index contributed by atoms with van der Waals surface area (Å²) in [6.07, 6.45) is 0. The Morgan fingerprint density at radius 2 is 1.84 bits per heavy atom. The van der Waals surface area contributed by atoms with Crippen LogP contribution in [0.2, 0.25) is 0 Å². The van der Waals surface area contributed by atoms with Crippen molar-refractivity contribution >= 4 is 20.0 Å². The van der Waals surface area contributed by atoms with Crippen LogP contribution in [0, 0.1) is 0 Å². The van der Waals surface area contributed by atoms with Gasteiger partial charge in [0, 0.05) is 20.6 Å². The summed E-state index contributed by atoms with van der Waals surface area (Å²) in [6, 6.07) is 5.13. The minimum atomic E-state index is -3.82. The van der Waals surface area contributed by atoms with E-state index in [-0.39, 0.29) is 22.9 Å². The van der Waals surface area contributed by atoms with Crippen molar-refractivity contribution in [3.63, 3.8) is 0 Å². The van der Waals surface area contributed by atoms with E-state index in [1.165, 1.54) is 32.3 Å². The molecule has 7 nitrogen and oxygen atoms in total. The first kappa shape index (κ1) is 15.9. The van der Waals surface area contributed by atoms with E-state index < -0.39 is 20.0 Å². The summed E-state index contributed by atoms with van der Waals surface area (Å²) in [6.45, 7) is -0.238. The van der Waals surface area contributed by atoms with Gasteiger partial charge >= 0.3 is 0 Å². The molecule has 1 rings (SSSR count). The fraction of sp³-hybridized carbons (Fsp3) is 0.400. The first-order chi connectivity index (χ1) is 8.65. The van der Waals surface area contributed by atoms with E-state index in [4.69, 9.17) is 0 Å².